The van der Waals surface area contributed by atoms with Crippen LogP contribution in [0, 0.1) is 0 Å². The molecule has 9 nitrogen and oxygen atoms in total. The third-order valence-corrected chi connectivity index (χ3v) is 6.58. The number of carbonyl (C=O) groups is 2. The van der Waals surface area contributed by atoms with E-state index in [1.807, 2.05) is 59.1 Å². The highest BCUT2D eigenvalue weighted by Crippen LogP contribution is 2.28. The number of ether oxygens (including phenoxy) is 1. The molecular weight excluding hydrogens is 515 g/mol. The van der Waals surface area contributed by atoms with Crippen molar-refractivity contribution in [2.24, 2.45) is 7.05 Å². The van der Waals surface area contributed by atoms with Crippen molar-refractivity contribution in [1.82, 2.24) is 23.8 Å². The van der Waals surface area contributed by atoms with E-state index in [-0.39, 0.29) is 11.9 Å². The van der Waals surface area contributed by atoms with E-state index in [0.717, 1.165) is 34.9 Å². The molecule has 5 rings (SSSR count). The summed E-state index contributed by atoms with van der Waals surface area (Å²) in [5, 5.41) is 7.12. The number of halogens is 3. The van der Waals surface area contributed by atoms with E-state index in [2.05, 4.69) is 40.7 Å². The number of pyridine rings is 1. The zero-order valence-electron chi connectivity index (χ0n) is 21.6. The number of carboxylic acids is 1. The van der Waals surface area contributed by atoms with Gasteiger partial charge in [0.15, 0.2) is 0 Å². The van der Waals surface area contributed by atoms with Crippen molar-refractivity contribution < 1.29 is 32.6 Å². The fourth-order valence-corrected chi connectivity index (χ4v) is 4.41. The number of aromatic nitrogens is 3. The Morgan fingerprint density at radius 3 is 2.31 bits per heavy atom. The second-order valence-electron chi connectivity index (χ2n) is 9.09. The second-order valence-corrected chi connectivity index (χ2v) is 9.09. The minimum atomic E-state index is -5.08. The number of likely N-dealkylation sites (N-methyl/N-ethyl adjacent to an activating group) is 1. The summed E-state index contributed by atoms with van der Waals surface area (Å²) in [6.07, 6.45) is -1.07. The van der Waals surface area contributed by atoms with Crippen LogP contribution in [-0.2, 0) is 11.8 Å². The highest BCUT2D eigenvalue weighted by molar-refractivity contribution is 5.92. The van der Waals surface area contributed by atoms with Crippen LogP contribution in [0.4, 0.5) is 13.2 Å². The van der Waals surface area contributed by atoms with Crippen LogP contribution in [0.15, 0.2) is 67.0 Å². The first-order chi connectivity index (χ1) is 18.5. The maximum Gasteiger partial charge on any atom is 0.490 e. The average Bonchev–Trinajstić information content (AvgIpc) is 3.54. The fourth-order valence-electron chi connectivity index (χ4n) is 4.41. The molecule has 0 spiro atoms. The van der Waals surface area contributed by atoms with Crippen LogP contribution in [0.5, 0.6) is 5.75 Å². The molecule has 1 fully saturated rings. The fraction of sp³-hybridized carbons (Fsp3) is 0.296. The molecule has 0 aliphatic carbocycles. The minimum Gasteiger partial charge on any atom is -0.497 e. The molecule has 1 atom stereocenters. The van der Waals surface area contributed by atoms with E-state index < -0.39 is 12.1 Å². The summed E-state index contributed by atoms with van der Waals surface area (Å²) in [6.45, 7) is 2.13. The molecule has 4 aromatic rings. The lowest BCUT2D eigenvalue weighted by Gasteiger charge is -2.38. The van der Waals surface area contributed by atoms with Gasteiger partial charge in [0.25, 0.3) is 5.91 Å². The molecule has 1 amide bonds. The summed E-state index contributed by atoms with van der Waals surface area (Å²) in [5.41, 5.74) is 4.74. The summed E-state index contributed by atoms with van der Waals surface area (Å²) in [4.78, 5) is 31.1. The number of fused-ring (bicyclic) bond motifs is 1. The van der Waals surface area contributed by atoms with Crippen molar-refractivity contribution in [2.45, 2.75) is 12.2 Å². The standard InChI is InChI=1S/C25H27N5O2.C2HF3O2/c1-27-13-5-7-22(27)25(31)29-15-14-28(2)23(17-29)20-16-30-21(6-4-8-24(30)26-20)18-9-11-19(32-3)12-10-18;3-2(4,5)1(6)7/h4-13,16,23H,14-15,17H2,1-3H3;(H,6,7). The van der Waals surface area contributed by atoms with Crippen LogP contribution in [0.1, 0.15) is 22.2 Å². The number of carboxylic acid groups (broad SMARTS) is 1. The normalized spacial score (nSPS) is 16.1. The Labute approximate surface area is 222 Å². The Morgan fingerprint density at radius 1 is 1.03 bits per heavy atom. The predicted molar refractivity (Wildman–Crippen MR) is 138 cm³/mol. The molecule has 0 saturated carbocycles. The van der Waals surface area contributed by atoms with Gasteiger partial charge in [-0.05, 0) is 61.1 Å². The smallest absolute Gasteiger partial charge is 0.490 e. The van der Waals surface area contributed by atoms with Crippen LogP contribution < -0.4 is 4.74 Å². The van der Waals surface area contributed by atoms with Crippen molar-refractivity contribution >= 4 is 17.5 Å². The Morgan fingerprint density at radius 2 is 1.72 bits per heavy atom. The number of amides is 1. The first-order valence-electron chi connectivity index (χ1n) is 12.0. The van der Waals surface area contributed by atoms with E-state index in [1.165, 1.54) is 0 Å². The largest absolute Gasteiger partial charge is 0.497 e. The number of benzene rings is 1. The zero-order valence-corrected chi connectivity index (χ0v) is 21.6. The van der Waals surface area contributed by atoms with E-state index >= 15 is 0 Å². The Kier molecular flexibility index (Phi) is 7.95. The van der Waals surface area contributed by atoms with Gasteiger partial charge in [0.05, 0.1) is 24.5 Å². The molecule has 1 aromatic carbocycles. The van der Waals surface area contributed by atoms with Crippen LogP contribution in [0.2, 0.25) is 0 Å². The van der Waals surface area contributed by atoms with E-state index in [1.54, 1.807) is 7.11 Å². The van der Waals surface area contributed by atoms with Gasteiger partial charge in [-0.25, -0.2) is 9.78 Å². The molecule has 3 aromatic heterocycles. The highest BCUT2D eigenvalue weighted by Gasteiger charge is 2.38. The summed E-state index contributed by atoms with van der Waals surface area (Å²) in [7, 11) is 5.68. The minimum absolute atomic E-state index is 0.0385. The number of aliphatic carboxylic acids is 1. The predicted octanol–water partition coefficient (Wildman–Crippen LogP) is 4.11. The van der Waals surface area contributed by atoms with E-state index in [0.29, 0.717) is 18.8 Å². The molecule has 206 valence electrons. The number of hydrogen-bond acceptors (Lipinski definition) is 5. The first kappa shape index (κ1) is 27.7. The van der Waals surface area contributed by atoms with E-state index in [4.69, 9.17) is 19.6 Å². The van der Waals surface area contributed by atoms with Gasteiger partial charge in [-0.1, -0.05) is 6.07 Å². The molecule has 0 bridgehead atoms. The topological polar surface area (TPSA) is 92.3 Å². The van der Waals surface area contributed by atoms with Crippen LogP contribution in [0.25, 0.3) is 16.9 Å². The number of methoxy groups -OCH3 is 1. The lowest BCUT2D eigenvalue weighted by molar-refractivity contribution is -0.192. The Bertz CT molecular complexity index is 1460. The van der Waals surface area contributed by atoms with Gasteiger partial charge in [0.2, 0.25) is 0 Å². The molecule has 1 aliphatic heterocycles. The van der Waals surface area contributed by atoms with Gasteiger partial charge in [0, 0.05) is 39.1 Å². The third-order valence-electron chi connectivity index (χ3n) is 6.58. The number of aryl methyl sites for hydroxylation is 1. The monoisotopic (exact) mass is 543 g/mol. The molecular formula is C27H28F3N5O4. The quantitative estimate of drug-likeness (QED) is 0.417. The Balaban J connectivity index is 0.000000448. The number of alkyl halides is 3. The highest BCUT2D eigenvalue weighted by atomic mass is 19.4. The van der Waals surface area contributed by atoms with Crippen molar-refractivity contribution in [3.63, 3.8) is 0 Å². The number of imidazole rings is 1. The lowest BCUT2D eigenvalue weighted by Crippen LogP contribution is -2.49. The molecule has 39 heavy (non-hydrogen) atoms. The van der Waals surface area contributed by atoms with Crippen molar-refractivity contribution in [2.75, 3.05) is 33.8 Å². The van der Waals surface area contributed by atoms with Gasteiger partial charge in [-0.3, -0.25) is 14.1 Å². The van der Waals surface area contributed by atoms with Gasteiger partial charge < -0.3 is 19.3 Å². The van der Waals surface area contributed by atoms with Gasteiger partial charge in [-0.15, -0.1) is 0 Å². The number of rotatable bonds is 4. The first-order valence-corrected chi connectivity index (χ1v) is 12.0. The number of hydrogen-bond donors (Lipinski definition) is 1. The van der Waals surface area contributed by atoms with Crippen molar-refractivity contribution in [1.29, 1.82) is 0 Å². The number of nitrogens with zero attached hydrogens (tertiary/aromatic N) is 5. The summed E-state index contributed by atoms with van der Waals surface area (Å²) >= 11 is 0. The molecule has 1 saturated heterocycles. The van der Waals surface area contributed by atoms with Crippen LogP contribution >= 0.6 is 0 Å². The van der Waals surface area contributed by atoms with Gasteiger partial charge in [-0.2, -0.15) is 13.2 Å². The van der Waals surface area contributed by atoms with E-state index in [9.17, 15) is 18.0 Å². The van der Waals surface area contributed by atoms with Crippen LogP contribution in [-0.4, -0.2) is 80.7 Å². The maximum atomic E-state index is 13.1. The average molecular weight is 544 g/mol. The lowest BCUT2D eigenvalue weighted by atomic mass is 10.1. The summed E-state index contributed by atoms with van der Waals surface area (Å²) in [6, 6.07) is 18.0. The number of carbonyl (C=O) groups excluding carboxylic acids is 1. The SMILES string of the molecule is COc1ccc(-c2cccc3nc(C4CN(C(=O)c5cccn5C)CCN4C)cn23)cc1.O=C(O)C(F)(F)F. The van der Waals surface area contributed by atoms with Crippen LogP contribution in [0.3, 0.4) is 0 Å². The molecule has 1 aliphatic rings. The summed E-state index contributed by atoms with van der Waals surface area (Å²) < 4.78 is 41.0. The molecule has 12 heteroatoms. The van der Waals surface area contributed by atoms with Gasteiger partial charge >= 0.3 is 12.1 Å². The summed E-state index contributed by atoms with van der Waals surface area (Å²) in [5.74, 6) is -1.86. The number of piperazine rings is 1. The van der Waals surface area contributed by atoms with Gasteiger partial charge in [0.1, 0.15) is 17.1 Å². The molecule has 4 heterocycles. The van der Waals surface area contributed by atoms with Crippen molar-refractivity contribution in [3.05, 3.63) is 78.4 Å². The Hall–Kier alpha value is -4.32. The maximum absolute atomic E-state index is 13.1. The zero-order chi connectivity index (χ0) is 28.3. The molecule has 1 N–H and O–H groups in total. The molecule has 0 radical (unpaired) electrons. The van der Waals surface area contributed by atoms with Crippen molar-refractivity contribution in [3.8, 4) is 17.0 Å². The second kappa shape index (κ2) is 11.2. The third kappa shape index (κ3) is 6.06. The molecule has 1 unspecified atom stereocenters.